The van der Waals surface area contributed by atoms with Crippen molar-refractivity contribution in [1.82, 2.24) is 10.3 Å². The van der Waals surface area contributed by atoms with Crippen LogP contribution in [0.4, 0.5) is 0 Å². The van der Waals surface area contributed by atoms with Gasteiger partial charge >= 0.3 is 0 Å². The van der Waals surface area contributed by atoms with E-state index in [0.29, 0.717) is 12.6 Å². The van der Waals surface area contributed by atoms with Crippen LogP contribution in [0, 0.1) is 0 Å². The Bertz CT molecular complexity index is 248. The molecule has 4 heteroatoms. The number of hydrogen-bond donors (Lipinski definition) is 1. The smallest absolute Gasteiger partial charge is 0.119 e. The molecule has 13 heavy (non-hydrogen) atoms. The third-order valence-corrected chi connectivity index (χ3v) is 2.52. The van der Waals surface area contributed by atoms with Crippen LogP contribution in [-0.4, -0.2) is 18.1 Å². The molecule has 0 aliphatic rings. The number of aromatic nitrogens is 1. The van der Waals surface area contributed by atoms with Crippen LogP contribution < -0.4 is 5.32 Å². The van der Waals surface area contributed by atoms with Gasteiger partial charge in [-0.1, -0.05) is 13.8 Å². The van der Waals surface area contributed by atoms with Crippen molar-refractivity contribution >= 4 is 11.3 Å². The average Bonchev–Trinajstić information content (AvgIpc) is 2.50. The average molecular weight is 200 g/mol. The molecule has 0 bridgehead atoms. The van der Waals surface area contributed by atoms with Crippen molar-refractivity contribution in [2.24, 2.45) is 0 Å². The van der Waals surface area contributed by atoms with Crippen LogP contribution in [0.25, 0.3) is 0 Å². The molecule has 1 N–H and O–H groups in total. The van der Waals surface area contributed by atoms with E-state index < -0.39 is 0 Å². The molecule has 0 saturated heterocycles. The lowest BCUT2D eigenvalue weighted by Gasteiger charge is -2.04. The van der Waals surface area contributed by atoms with Gasteiger partial charge in [0.1, 0.15) is 5.01 Å². The van der Waals surface area contributed by atoms with E-state index in [2.05, 4.69) is 24.1 Å². The molecule has 0 amide bonds. The van der Waals surface area contributed by atoms with Crippen molar-refractivity contribution in [2.75, 3.05) is 7.11 Å². The third kappa shape index (κ3) is 3.85. The van der Waals surface area contributed by atoms with Crippen molar-refractivity contribution in [2.45, 2.75) is 33.0 Å². The van der Waals surface area contributed by atoms with Crippen LogP contribution >= 0.6 is 11.3 Å². The zero-order valence-corrected chi connectivity index (χ0v) is 9.15. The number of thiazole rings is 1. The fourth-order valence-electron chi connectivity index (χ4n) is 0.925. The maximum absolute atomic E-state index is 4.99. The Morgan fingerprint density at radius 3 is 3.00 bits per heavy atom. The van der Waals surface area contributed by atoms with E-state index in [0.717, 1.165) is 11.6 Å². The zero-order chi connectivity index (χ0) is 9.68. The van der Waals surface area contributed by atoms with Crippen molar-refractivity contribution in [1.29, 1.82) is 0 Å². The SMILES string of the molecule is COCc1ncc(CNC(C)C)s1. The highest BCUT2D eigenvalue weighted by atomic mass is 32.1. The fourth-order valence-corrected chi connectivity index (χ4v) is 1.77. The lowest BCUT2D eigenvalue weighted by molar-refractivity contribution is 0.184. The maximum atomic E-state index is 4.99. The summed E-state index contributed by atoms with van der Waals surface area (Å²) in [4.78, 5) is 5.50. The van der Waals surface area contributed by atoms with Gasteiger partial charge in [0.2, 0.25) is 0 Å². The summed E-state index contributed by atoms with van der Waals surface area (Å²) in [5.41, 5.74) is 0. The summed E-state index contributed by atoms with van der Waals surface area (Å²) in [6.45, 7) is 5.79. The predicted molar refractivity (Wildman–Crippen MR) is 54.8 cm³/mol. The number of nitrogens with zero attached hydrogens (tertiary/aromatic N) is 1. The van der Waals surface area contributed by atoms with Gasteiger partial charge in [-0.3, -0.25) is 0 Å². The van der Waals surface area contributed by atoms with E-state index in [4.69, 9.17) is 4.74 Å². The highest BCUT2D eigenvalue weighted by Crippen LogP contribution is 2.13. The molecule has 0 aliphatic carbocycles. The van der Waals surface area contributed by atoms with Gasteiger partial charge < -0.3 is 10.1 Å². The Kier molecular flexibility index (Phi) is 4.35. The Labute approximate surface area is 83.1 Å². The Morgan fingerprint density at radius 2 is 2.38 bits per heavy atom. The molecular formula is C9H16N2OS. The maximum Gasteiger partial charge on any atom is 0.119 e. The molecule has 0 fully saturated rings. The third-order valence-electron chi connectivity index (χ3n) is 1.55. The normalized spacial score (nSPS) is 11.1. The van der Waals surface area contributed by atoms with Crippen LogP contribution in [0.3, 0.4) is 0 Å². The summed E-state index contributed by atoms with van der Waals surface area (Å²) >= 11 is 1.70. The van der Waals surface area contributed by atoms with Gasteiger partial charge in [-0.25, -0.2) is 4.98 Å². The topological polar surface area (TPSA) is 34.1 Å². The highest BCUT2D eigenvalue weighted by Gasteiger charge is 2.01. The van der Waals surface area contributed by atoms with Crippen LogP contribution in [0.1, 0.15) is 23.7 Å². The Balaban J connectivity index is 2.39. The molecule has 0 aliphatic heterocycles. The first-order chi connectivity index (χ1) is 6.22. The van der Waals surface area contributed by atoms with Crippen LogP contribution in [-0.2, 0) is 17.9 Å². The van der Waals surface area contributed by atoms with E-state index in [-0.39, 0.29) is 0 Å². The summed E-state index contributed by atoms with van der Waals surface area (Å²) in [5, 5.41) is 4.39. The fraction of sp³-hybridized carbons (Fsp3) is 0.667. The Hall–Kier alpha value is -0.450. The van der Waals surface area contributed by atoms with Gasteiger partial charge in [-0.05, 0) is 0 Å². The van der Waals surface area contributed by atoms with Crippen LogP contribution in [0.15, 0.2) is 6.20 Å². The number of nitrogens with one attached hydrogen (secondary N) is 1. The van der Waals surface area contributed by atoms with Gasteiger partial charge in [0.25, 0.3) is 0 Å². The highest BCUT2D eigenvalue weighted by molar-refractivity contribution is 7.11. The molecule has 1 aromatic rings. The molecule has 0 atom stereocenters. The second kappa shape index (κ2) is 5.32. The molecule has 74 valence electrons. The lowest BCUT2D eigenvalue weighted by atomic mass is 10.4. The van der Waals surface area contributed by atoms with E-state index in [1.54, 1.807) is 18.4 Å². The minimum atomic E-state index is 0.521. The summed E-state index contributed by atoms with van der Waals surface area (Å²) in [5.74, 6) is 0. The lowest BCUT2D eigenvalue weighted by Crippen LogP contribution is -2.21. The quantitative estimate of drug-likeness (QED) is 0.787. The standard InChI is InChI=1S/C9H16N2OS/c1-7(2)10-4-8-5-11-9(13-8)6-12-3/h5,7,10H,4,6H2,1-3H3. The number of ether oxygens (including phenoxy) is 1. The molecule has 0 aromatic carbocycles. The number of methoxy groups -OCH3 is 1. The molecule has 3 nitrogen and oxygen atoms in total. The van der Waals surface area contributed by atoms with Crippen molar-refractivity contribution in [3.8, 4) is 0 Å². The van der Waals surface area contributed by atoms with Gasteiger partial charge in [0, 0.05) is 30.8 Å². The molecule has 1 rings (SSSR count). The van der Waals surface area contributed by atoms with E-state index in [1.807, 2.05) is 6.20 Å². The van der Waals surface area contributed by atoms with Crippen LogP contribution in [0.2, 0.25) is 0 Å². The minimum Gasteiger partial charge on any atom is -0.378 e. The van der Waals surface area contributed by atoms with E-state index >= 15 is 0 Å². The monoisotopic (exact) mass is 200 g/mol. The molecular weight excluding hydrogens is 184 g/mol. The van der Waals surface area contributed by atoms with Gasteiger partial charge in [-0.2, -0.15) is 0 Å². The summed E-state index contributed by atoms with van der Waals surface area (Å²) < 4.78 is 4.99. The van der Waals surface area contributed by atoms with E-state index in [9.17, 15) is 0 Å². The van der Waals surface area contributed by atoms with Gasteiger partial charge in [0.05, 0.1) is 6.61 Å². The predicted octanol–water partition coefficient (Wildman–Crippen LogP) is 1.79. The molecule has 1 aromatic heterocycles. The number of hydrogen-bond acceptors (Lipinski definition) is 4. The Morgan fingerprint density at radius 1 is 1.62 bits per heavy atom. The van der Waals surface area contributed by atoms with Gasteiger partial charge in [-0.15, -0.1) is 11.3 Å². The van der Waals surface area contributed by atoms with Gasteiger partial charge in [0.15, 0.2) is 0 Å². The van der Waals surface area contributed by atoms with Crippen molar-refractivity contribution in [3.05, 3.63) is 16.1 Å². The number of rotatable bonds is 5. The second-order valence-electron chi connectivity index (χ2n) is 3.19. The minimum absolute atomic E-state index is 0.521. The van der Waals surface area contributed by atoms with E-state index in [1.165, 1.54) is 4.88 Å². The molecule has 1 heterocycles. The first-order valence-corrected chi connectivity index (χ1v) is 5.20. The van der Waals surface area contributed by atoms with Crippen molar-refractivity contribution < 1.29 is 4.74 Å². The first-order valence-electron chi connectivity index (χ1n) is 4.38. The molecule has 0 radical (unpaired) electrons. The summed E-state index contributed by atoms with van der Waals surface area (Å²) in [7, 11) is 1.69. The first kappa shape index (κ1) is 10.6. The zero-order valence-electron chi connectivity index (χ0n) is 8.33. The summed E-state index contributed by atoms with van der Waals surface area (Å²) in [6.07, 6.45) is 1.91. The molecule has 0 unspecified atom stereocenters. The second-order valence-corrected chi connectivity index (χ2v) is 4.39. The molecule has 0 spiro atoms. The van der Waals surface area contributed by atoms with Crippen molar-refractivity contribution in [3.63, 3.8) is 0 Å². The summed E-state index contributed by atoms with van der Waals surface area (Å²) in [6, 6.07) is 0.521. The largest absolute Gasteiger partial charge is 0.378 e. The van der Waals surface area contributed by atoms with Crippen LogP contribution in [0.5, 0.6) is 0 Å². The molecule has 0 saturated carbocycles.